The minimum absolute atomic E-state index is 0.110. The van der Waals surface area contributed by atoms with Gasteiger partial charge in [-0.2, -0.15) is 0 Å². The molecule has 5 N–H and O–H groups in total. The fraction of sp³-hybridized carbons (Fsp3) is 0.292. The first-order chi connectivity index (χ1) is 13.7. The van der Waals surface area contributed by atoms with E-state index >= 15 is 0 Å². The number of nitrogens with two attached hydrogens (primary N) is 2. The van der Waals surface area contributed by atoms with E-state index in [9.17, 15) is 9.90 Å². The van der Waals surface area contributed by atoms with Gasteiger partial charge in [-0.1, -0.05) is 45.1 Å². The lowest BCUT2D eigenvalue weighted by molar-refractivity contribution is 0.100. The third-order valence-electron chi connectivity index (χ3n) is 5.09. The molecule has 0 unspecified atom stereocenters. The predicted octanol–water partition coefficient (Wildman–Crippen LogP) is 3.45. The van der Waals surface area contributed by atoms with Gasteiger partial charge >= 0.3 is 0 Å². The normalized spacial score (nSPS) is 13.2. The van der Waals surface area contributed by atoms with Crippen molar-refractivity contribution in [2.45, 2.75) is 47.0 Å². The highest BCUT2D eigenvalue weighted by Gasteiger charge is 2.18. The molecule has 154 valence electrons. The first-order valence-corrected chi connectivity index (χ1v) is 9.89. The number of carbonyl (C=O) groups excluding carboxylic acids is 1. The van der Waals surface area contributed by atoms with Crippen LogP contribution in [0.2, 0.25) is 0 Å². The second-order valence-electron chi connectivity index (χ2n) is 7.18. The van der Waals surface area contributed by atoms with Crippen LogP contribution in [0.3, 0.4) is 0 Å². The smallest absolute Gasteiger partial charge is 0.253 e. The lowest BCUT2D eigenvalue weighted by atomic mass is 10.0. The number of phenols is 1. The molecule has 0 bridgehead atoms. The Morgan fingerprint density at radius 3 is 2.59 bits per heavy atom. The molecular formula is C24H31N3O2. The number of phenolic OH excluding ortho intramolecular Hbond substituents is 1. The Hall–Kier alpha value is -3.21. The maximum Gasteiger partial charge on any atom is 0.253 e. The number of anilines is 1. The van der Waals surface area contributed by atoms with Crippen LogP contribution in [0.1, 0.15) is 56.0 Å². The Bertz CT molecular complexity index is 1090. The topological polar surface area (TPSA) is 94.3 Å². The molecule has 1 aromatic carbocycles. The van der Waals surface area contributed by atoms with Crippen molar-refractivity contribution in [2.24, 2.45) is 5.73 Å². The van der Waals surface area contributed by atoms with Crippen molar-refractivity contribution >= 4 is 24.4 Å². The average Bonchev–Trinajstić information content (AvgIpc) is 2.92. The number of benzene rings is 1. The summed E-state index contributed by atoms with van der Waals surface area (Å²) in [6.45, 7) is 12.3. The summed E-state index contributed by atoms with van der Waals surface area (Å²) in [5.41, 5.74) is 16.1. The van der Waals surface area contributed by atoms with E-state index < -0.39 is 5.91 Å². The Morgan fingerprint density at radius 2 is 2.00 bits per heavy atom. The highest BCUT2D eigenvalue weighted by molar-refractivity contribution is 5.98. The van der Waals surface area contributed by atoms with E-state index in [-0.39, 0.29) is 17.1 Å². The number of amides is 1. The monoisotopic (exact) mass is 393 g/mol. The van der Waals surface area contributed by atoms with Crippen LogP contribution in [0, 0.1) is 6.92 Å². The number of aromatic hydroxyl groups is 1. The number of rotatable bonds is 7. The van der Waals surface area contributed by atoms with Gasteiger partial charge in [0.2, 0.25) is 0 Å². The Kier molecular flexibility index (Phi) is 7.10. The van der Waals surface area contributed by atoms with Gasteiger partial charge in [0.15, 0.2) is 0 Å². The Labute approximate surface area is 172 Å². The molecule has 0 saturated carbocycles. The zero-order valence-electron chi connectivity index (χ0n) is 17.7. The molecule has 5 nitrogen and oxygen atoms in total. The summed E-state index contributed by atoms with van der Waals surface area (Å²) in [5, 5.41) is 11.1. The van der Waals surface area contributed by atoms with E-state index in [2.05, 4.69) is 33.4 Å². The summed E-state index contributed by atoms with van der Waals surface area (Å²) in [7, 11) is 0. The van der Waals surface area contributed by atoms with Crippen LogP contribution >= 0.6 is 0 Å². The molecule has 0 atom stereocenters. The second-order valence-corrected chi connectivity index (χ2v) is 7.18. The number of aromatic nitrogens is 1. The van der Waals surface area contributed by atoms with Crippen LogP contribution in [-0.4, -0.2) is 15.6 Å². The van der Waals surface area contributed by atoms with Crippen molar-refractivity contribution < 1.29 is 9.90 Å². The lowest BCUT2D eigenvalue weighted by Gasteiger charge is -2.11. The standard InChI is InChI=1S/C24H31N3O2/c1-6-8-9-18(7-2)15(3)11-13-20-17(5)22(24(26)29)23(25)27(20)21-14-19(28)12-10-16(21)4/h9-14,28H,5-8,25H2,1-4H3,(H2,26,29)/b15-11+,18-9+,20-13+. The lowest BCUT2D eigenvalue weighted by Crippen LogP contribution is -2.31. The van der Waals surface area contributed by atoms with Crippen LogP contribution in [0.25, 0.3) is 18.3 Å². The first-order valence-electron chi connectivity index (χ1n) is 9.89. The molecule has 0 saturated heterocycles. The number of hydrogen-bond acceptors (Lipinski definition) is 3. The molecule has 0 fully saturated rings. The third kappa shape index (κ3) is 4.62. The number of unbranched alkanes of at least 4 members (excludes halogenated alkanes) is 1. The van der Waals surface area contributed by atoms with Gasteiger partial charge in [0.05, 0.1) is 16.6 Å². The summed E-state index contributed by atoms with van der Waals surface area (Å²) >= 11 is 0. The zero-order chi connectivity index (χ0) is 21.7. The summed E-state index contributed by atoms with van der Waals surface area (Å²) in [6, 6.07) is 5.02. The second kappa shape index (κ2) is 9.32. The van der Waals surface area contributed by atoms with E-state index in [1.807, 2.05) is 19.1 Å². The third-order valence-corrected chi connectivity index (χ3v) is 5.09. The van der Waals surface area contributed by atoms with Gasteiger partial charge in [0.25, 0.3) is 5.91 Å². The molecule has 5 heteroatoms. The van der Waals surface area contributed by atoms with Crippen LogP contribution in [0.4, 0.5) is 5.82 Å². The summed E-state index contributed by atoms with van der Waals surface area (Å²) in [4.78, 5) is 12.0. The Morgan fingerprint density at radius 1 is 1.31 bits per heavy atom. The fourth-order valence-electron chi connectivity index (χ4n) is 3.42. The van der Waals surface area contributed by atoms with Crippen LogP contribution < -0.4 is 22.0 Å². The average molecular weight is 394 g/mol. The van der Waals surface area contributed by atoms with E-state index in [4.69, 9.17) is 11.5 Å². The zero-order valence-corrected chi connectivity index (χ0v) is 17.7. The van der Waals surface area contributed by atoms with Crippen LogP contribution in [0.5, 0.6) is 5.75 Å². The van der Waals surface area contributed by atoms with Gasteiger partial charge in [0.1, 0.15) is 11.6 Å². The molecule has 29 heavy (non-hydrogen) atoms. The molecule has 1 heterocycles. The number of nitrogens with zero attached hydrogens (tertiary/aromatic N) is 1. The van der Waals surface area contributed by atoms with E-state index in [0.717, 1.165) is 30.4 Å². The maximum atomic E-state index is 12.0. The predicted molar refractivity (Wildman–Crippen MR) is 121 cm³/mol. The Balaban J connectivity index is 2.81. The van der Waals surface area contributed by atoms with Gasteiger partial charge < -0.3 is 16.6 Å². The van der Waals surface area contributed by atoms with Gasteiger partial charge in [0, 0.05) is 11.3 Å². The SMILES string of the molecule is C=c1c(C(N)=O)c(N)n(-c2cc(O)ccc2C)/c1=C/C=C(C)/C(=C/CCC)CC. The summed E-state index contributed by atoms with van der Waals surface area (Å²) in [6.07, 6.45) is 9.24. The van der Waals surface area contributed by atoms with E-state index in [0.29, 0.717) is 16.3 Å². The molecule has 2 aromatic rings. The van der Waals surface area contributed by atoms with Gasteiger partial charge in [-0.05, 0) is 55.5 Å². The quantitative estimate of drug-likeness (QED) is 0.629. The van der Waals surface area contributed by atoms with Gasteiger partial charge in [-0.15, -0.1) is 0 Å². The molecule has 0 aliphatic heterocycles. The van der Waals surface area contributed by atoms with Crippen molar-refractivity contribution in [1.29, 1.82) is 0 Å². The molecule has 2 rings (SSSR count). The fourth-order valence-corrected chi connectivity index (χ4v) is 3.42. The van der Waals surface area contributed by atoms with Gasteiger partial charge in [-0.3, -0.25) is 9.36 Å². The van der Waals surface area contributed by atoms with Crippen molar-refractivity contribution in [1.82, 2.24) is 4.57 Å². The molecule has 0 spiro atoms. The molecule has 1 amide bonds. The maximum absolute atomic E-state index is 12.0. The molecule has 0 aliphatic rings. The molecule has 1 aromatic heterocycles. The van der Waals surface area contributed by atoms with Crippen molar-refractivity contribution in [3.05, 3.63) is 63.2 Å². The number of primary amides is 1. The number of hydrogen-bond donors (Lipinski definition) is 3. The van der Waals surface area contributed by atoms with Crippen LogP contribution in [0.15, 0.2) is 41.5 Å². The summed E-state index contributed by atoms with van der Waals surface area (Å²) in [5.74, 6) is -0.305. The largest absolute Gasteiger partial charge is 0.508 e. The number of allylic oxidation sites excluding steroid dienone is 4. The number of nitrogen functional groups attached to an aromatic ring is 1. The summed E-state index contributed by atoms with van der Waals surface area (Å²) < 4.78 is 1.72. The molecule has 0 radical (unpaired) electrons. The van der Waals surface area contributed by atoms with E-state index in [1.54, 1.807) is 22.8 Å². The van der Waals surface area contributed by atoms with Crippen molar-refractivity contribution in [3.8, 4) is 11.4 Å². The van der Waals surface area contributed by atoms with Gasteiger partial charge in [-0.25, -0.2) is 0 Å². The van der Waals surface area contributed by atoms with Crippen molar-refractivity contribution in [2.75, 3.05) is 5.73 Å². The van der Waals surface area contributed by atoms with E-state index in [1.165, 1.54) is 5.57 Å². The number of carbonyl (C=O) groups is 1. The van der Waals surface area contributed by atoms with Crippen LogP contribution in [-0.2, 0) is 0 Å². The molecule has 0 aliphatic carbocycles. The highest BCUT2D eigenvalue weighted by Crippen LogP contribution is 2.22. The minimum Gasteiger partial charge on any atom is -0.508 e. The highest BCUT2D eigenvalue weighted by atomic mass is 16.3. The molecular weight excluding hydrogens is 362 g/mol. The minimum atomic E-state index is -0.628. The number of aryl methyl sites for hydroxylation is 1. The van der Waals surface area contributed by atoms with Crippen molar-refractivity contribution in [3.63, 3.8) is 0 Å². The first kappa shape index (κ1) is 22.1.